The smallest absolute Gasteiger partial charge is 0.271 e. The number of hydrogen-bond donors (Lipinski definition) is 1. The lowest BCUT2D eigenvalue weighted by Gasteiger charge is -2.10. The van der Waals surface area contributed by atoms with Crippen molar-refractivity contribution in [3.05, 3.63) is 62.9 Å². The fourth-order valence-corrected chi connectivity index (χ4v) is 1.79. The van der Waals surface area contributed by atoms with Gasteiger partial charge >= 0.3 is 0 Å². The van der Waals surface area contributed by atoms with Gasteiger partial charge < -0.3 is 9.84 Å². The second-order valence-corrected chi connectivity index (χ2v) is 4.29. The molecule has 1 N–H and O–H groups in total. The predicted molar refractivity (Wildman–Crippen MR) is 70.5 cm³/mol. The highest BCUT2D eigenvalue weighted by Gasteiger charge is 2.12. The van der Waals surface area contributed by atoms with Gasteiger partial charge in [0.1, 0.15) is 17.3 Å². The summed E-state index contributed by atoms with van der Waals surface area (Å²) in [6.07, 6.45) is 0. The van der Waals surface area contributed by atoms with Crippen LogP contribution < -0.4 is 4.74 Å². The minimum Gasteiger partial charge on any atom is -0.455 e. The van der Waals surface area contributed by atoms with E-state index >= 15 is 0 Å². The molecule has 20 heavy (non-hydrogen) atoms. The highest BCUT2D eigenvalue weighted by atomic mass is 35.5. The zero-order valence-corrected chi connectivity index (χ0v) is 10.8. The van der Waals surface area contributed by atoms with Gasteiger partial charge in [0.25, 0.3) is 5.69 Å². The van der Waals surface area contributed by atoms with Crippen LogP contribution in [0.5, 0.6) is 11.5 Å². The first kappa shape index (κ1) is 14.2. The molecule has 7 heteroatoms. The molecule has 0 aromatic heterocycles. The lowest BCUT2D eigenvalue weighted by Crippen LogP contribution is -1.94. The number of rotatable bonds is 4. The maximum atomic E-state index is 13.0. The van der Waals surface area contributed by atoms with E-state index in [9.17, 15) is 14.5 Å². The number of non-ortho nitro benzene ring substituents is 1. The summed E-state index contributed by atoms with van der Waals surface area (Å²) in [6, 6.07) is 7.38. The Kier molecular flexibility index (Phi) is 4.16. The normalized spacial score (nSPS) is 10.3. The summed E-state index contributed by atoms with van der Waals surface area (Å²) >= 11 is 5.88. The summed E-state index contributed by atoms with van der Waals surface area (Å²) in [5.74, 6) is -0.0978. The molecule has 0 saturated carbocycles. The van der Waals surface area contributed by atoms with Crippen molar-refractivity contribution in [1.29, 1.82) is 0 Å². The van der Waals surface area contributed by atoms with Crippen molar-refractivity contribution in [2.75, 3.05) is 0 Å². The van der Waals surface area contributed by atoms with Gasteiger partial charge in [-0.3, -0.25) is 10.1 Å². The monoisotopic (exact) mass is 297 g/mol. The van der Waals surface area contributed by atoms with E-state index in [0.717, 1.165) is 12.1 Å². The van der Waals surface area contributed by atoms with Gasteiger partial charge in [0.15, 0.2) is 0 Å². The third-order valence-electron chi connectivity index (χ3n) is 2.54. The standard InChI is InChI=1S/C13H9ClFNO4/c14-11-6-10(16(18)19)2-4-13(11)20-12-3-1-9(15)5-8(12)7-17/h1-6,17H,7H2. The van der Waals surface area contributed by atoms with Crippen molar-refractivity contribution in [2.24, 2.45) is 0 Å². The third kappa shape index (κ3) is 3.04. The Labute approximate surface area is 118 Å². The Morgan fingerprint density at radius 1 is 1.25 bits per heavy atom. The zero-order chi connectivity index (χ0) is 14.7. The molecule has 2 rings (SSSR count). The van der Waals surface area contributed by atoms with Crippen molar-refractivity contribution in [1.82, 2.24) is 0 Å². The first-order chi connectivity index (χ1) is 9.51. The van der Waals surface area contributed by atoms with E-state index in [1.165, 1.54) is 24.3 Å². The maximum Gasteiger partial charge on any atom is 0.271 e. The number of aliphatic hydroxyl groups excluding tert-OH is 1. The number of benzene rings is 2. The molecule has 0 heterocycles. The average Bonchev–Trinajstić information content (AvgIpc) is 2.42. The molecule has 0 bridgehead atoms. The van der Waals surface area contributed by atoms with Crippen LogP contribution in [-0.2, 0) is 6.61 Å². The Hall–Kier alpha value is -2.18. The molecule has 0 aliphatic heterocycles. The Morgan fingerprint density at radius 3 is 2.55 bits per heavy atom. The SMILES string of the molecule is O=[N+]([O-])c1ccc(Oc2ccc(F)cc2CO)c(Cl)c1. The molecule has 0 fully saturated rings. The van der Waals surface area contributed by atoms with Gasteiger partial charge in [-0.1, -0.05) is 11.6 Å². The van der Waals surface area contributed by atoms with Crippen LogP contribution in [0.3, 0.4) is 0 Å². The van der Waals surface area contributed by atoms with Gasteiger partial charge in [-0.2, -0.15) is 0 Å². The molecule has 0 unspecified atom stereocenters. The number of nitrogens with zero attached hydrogens (tertiary/aromatic N) is 1. The second-order valence-electron chi connectivity index (χ2n) is 3.88. The van der Waals surface area contributed by atoms with Crippen LogP contribution in [0.1, 0.15) is 5.56 Å². The predicted octanol–water partition coefficient (Wildman–Crippen LogP) is 3.67. The van der Waals surface area contributed by atoms with Crippen molar-refractivity contribution in [3.8, 4) is 11.5 Å². The van der Waals surface area contributed by atoms with E-state index in [1.807, 2.05) is 0 Å². The molecule has 0 amide bonds. The number of nitro groups is 1. The quantitative estimate of drug-likeness (QED) is 0.690. The first-order valence-corrected chi connectivity index (χ1v) is 5.90. The van der Waals surface area contributed by atoms with Gasteiger partial charge in [0.05, 0.1) is 16.6 Å². The van der Waals surface area contributed by atoms with E-state index in [-0.39, 0.29) is 27.8 Å². The number of halogens is 2. The number of nitro benzene ring substituents is 1. The average molecular weight is 298 g/mol. The van der Waals surface area contributed by atoms with E-state index in [0.29, 0.717) is 0 Å². The van der Waals surface area contributed by atoms with Crippen LogP contribution >= 0.6 is 11.6 Å². The highest BCUT2D eigenvalue weighted by molar-refractivity contribution is 6.32. The molecule has 0 aliphatic rings. The number of aliphatic hydroxyl groups is 1. The van der Waals surface area contributed by atoms with Crippen molar-refractivity contribution < 1.29 is 19.2 Å². The summed E-state index contributed by atoms with van der Waals surface area (Å²) < 4.78 is 18.5. The van der Waals surface area contributed by atoms with E-state index < -0.39 is 17.3 Å². The van der Waals surface area contributed by atoms with Crippen LogP contribution in [0.15, 0.2) is 36.4 Å². The minimum absolute atomic E-state index is 0.0485. The molecule has 0 aliphatic carbocycles. The summed E-state index contributed by atoms with van der Waals surface area (Å²) in [5, 5.41) is 19.8. The minimum atomic E-state index is -0.577. The summed E-state index contributed by atoms with van der Waals surface area (Å²) in [5.41, 5.74) is 0.0863. The summed E-state index contributed by atoms with van der Waals surface area (Å²) in [6.45, 7) is -0.405. The largest absolute Gasteiger partial charge is 0.455 e. The van der Waals surface area contributed by atoms with E-state index in [1.54, 1.807) is 0 Å². The van der Waals surface area contributed by atoms with E-state index in [4.69, 9.17) is 21.4 Å². The molecule has 2 aromatic carbocycles. The van der Waals surface area contributed by atoms with Crippen LogP contribution in [0.2, 0.25) is 5.02 Å². The second kappa shape index (κ2) is 5.85. The Balaban J connectivity index is 2.33. The van der Waals surface area contributed by atoms with Crippen molar-refractivity contribution >= 4 is 17.3 Å². The Bertz CT molecular complexity index is 663. The van der Waals surface area contributed by atoms with Gasteiger partial charge in [-0.25, -0.2) is 4.39 Å². The van der Waals surface area contributed by atoms with Crippen LogP contribution in [-0.4, -0.2) is 10.0 Å². The third-order valence-corrected chi connectivity index (χ3v) is 2.83. The topological polar surface area (TPSA) is 72.6 Å². The fourth-order valence-electron chi connectivity index (χ4n) is 1.58. The fraction of sp³-hybridized carbons (Fsp3) is 0.0769. The molecule has 0 spiro atoms. The van der Waals surface area contributed by atoms with Gasteiger partial charge in [0.2, 0.25) is 0 Å². The number of ether oxygens (including phenoxy) is 1. The summed E-state index contributed by atoms with van der Waals surface area (Å²) in [4.78, 5) is 10.0. The molecule has 0 radical (unpaired) electrons. The lowest BCUT2D eigenvalue weighted by molar-refractivity contribution is -0.384. The first-order valence-electron chi connectivity index (χ1n) is 5.52. The number of hydrogen-bond acceptors (Lipinski definition) is 4. The summed E-state index contributed by atoms with van der Waals surface area (Å²) in [7, 11) is 0. The molecule has 0 atom stereocenters. The molecular weight excluding hydrogens is 289 g/mol. The van der Waals surface area contributed by atoms with Gasteiger partial charge in [-0.15, -0.1) is 0 Å². The van der Waals surface area contributed by atoms with Gasteiger partial charge in [0, 0.05) is 17.7 Å². The Morgan fingerprint density at radius 2 is 1.95 bits per heavy atom. The van der Waals surface area contributed by atoms with E-state index in [2.05, 4.69) is 0 Å². The molecular formula is C13H9ClFNO4. The highest BCUT2D eigenvalue weighted by Crippen LogP contribution is 2.33. The van der Waals surface area contributed by atoms with Crippen molar-refractivity contribution in [2.45, 2.75) is 6.61 Å². The van der Waals surface area contributed by atoms with Gasteiger partial charge in [-0.05, 0) is 24.3 Å². The van der Waals surface area contributed by atoms with Crippen LogP contribution in [0.4, 0.5) is 10.1 Å². The van der Waals surface area contributed by atoms with Crippen LogP contribution in [0, 0.1) is 15.9 Å². The molecule has 2 aromatic rings. The zero-order valence-electron chi connectivity index (χ0n) is 10.0. The lowest BCUT2D eigenvalue weighted by atomic mass is 10.2. The molecule has 5 nitrogen and oxygen atoms in total. The maximum absolute atomic E-state index is 13.0. The molecule has 0 saturated heterocycles. The van der Waals surface area contributed by atoms with Crippen molar-refractivity contribution in [3.63, 3.8) is 0 Å². The molecule has 104 valence electrons. The van der Waals surface area contributed by atoms with Crippen LogP contribution in [0.25, 0.3) is 0 Å².